The molecule has 0 N–H and O–H groups in total. The summed E-state index contributed by atoms with van der Waals surface area (Å²) in [7, 11) is 0. The van der Waals surface area contributed by atoms with Gasteiger partial charge in [-0.3, -0.25) is 4.79 Å². The fraction of sp³-hybridized carbons (Fsp3) is 0. The third kappa shape index (κ3) is 2.73. The van der Waals surface area contributed by atoms with Crippen LogP contribution in [0.4, 0.5) is 8.78 Å². The standard InChI is InChI=1S/C13H7BrF2O2/c14-10-6-9(2-3-11(10)15)18-13-4-1-8(7-17)5-12(13)16/h1-7H. The van der Waals surface area contributed by atoms with Crippen LogP contribution in [-0.4, -0.2) is 6.29 Å². The number of halogens is 3. The predicted octanol–water partition coefficient (Wildman–Crippen LogP) is 4.33. The largest absolute Gasteiger partial charge is 0.454 e. The van der Waals surface area contributed by atoms with Gasteiger partial charge in [-0.2, -0.15) is 0 Å². The molecule has 0 saturated carbocycles. The van der Waals surface area contributed by atoms with Gasteiger partial charge in [0.2, 0.25) is 0 Å². The van der Waals surface area contributed by atoms with Gasteiger partial charge in [-0.15, -0.1) is 0 Å². The number of benzene rings is 2. The Bertz CT molecular complexity index is 600. The summed E-state index contributed by atoms with van der Waals surface area (Å²) in [5.41, 5.74) is 0.222. The van der Waals surface area contributed by atoms with Gasteiger partial charge < -0.3 is 4.74 Å². The Morgan fingerprint density at radius 1 is 1.06 bits per heavy atom. The Kier molecular flexibility index (Phi) is 3.72. The zero-order chi connectivity index (χ0) is 13.1. The Balaban J connectivity index is 2.28. The number of carbonyl (C=O) groups is 1. The van der Waals surface area contributed by atoms with Gasteiger partial charge in [0, 0.05) is 5.56 Å². The molecule has 0 aromatic heterocycles. The van der Waals surface area contributed by atoms with Crippen molar-refractivity contribution in [3.63, 3.8) is 0 Å². The van der Waals surface area contributed by atoms with Gasteiger partial charge in [0.05, 0.1) is 4.47 Å². The first-order chi connectivity index (χ1) is 8.60. The molecule has 2 rings (SSSR count). The van der Waals surface area contributed by atoms with E-state index in [0.717, 1.165) is 6.07 Å². The van der Waals surface area contributed by atoms with Crippen LogP contribution in [0.25, 0.3) is 0 Å². The normalized spacial score (nSPS) is 10.2. The lowest BCUT2D eigenvalue weighted by molar-refractivity contribution is 0.112. The molecule has 2 aromatic carbocycles. The molecule has 18 heavy (non-hydrogen) atoms. The van der Waals surface area contributed by atoms with Crippen LogP contribution in [0, 0.1) is 11.6 Å². The van der Waals surface area contributed by atoms with Crippen LogP contribution in [0.2, 0.25) is 0 Å². The molecule has 0 fully saturated rings. The second-order valence-corrected chi connectivity index (χ2v) is 4.34. The molecule has 0 spiro atoms. The average molecular weight is 313 g/mol. The highest BCUT2D eigenvalue weighted by molar-refractivity contribution is 9.10. The molecule has 0 bridgehead atoms. The van der Waals surface area contributed by atoms with Crippen LogP contribution >= 0.6 is 15.9 Å². The van der Waals surface area contributed by atoms with E-state index in [1.54, 1.807) is 0 Å². The van der Waals surface area contributed by atoms with Crippen molar-refractivity contribution in [2.45, 2.75) is 0 Å². The lowest BCUT2D eigenvalue weighted by Gasteiger charge is -2.07. The molecule has 0 heterocycles. The number of aldehydes is 1. The Labute approximate surface area is 110 Å². The Morgan fingerprint density at radius 3 is 2.44 bits per heavy atom. The number of hydrogen-bond donors (Lipinski definition) is 0. The van der Waals surface area contributed by atoms with Crippen molar-refractivity contribution >= 4 is 22.2 Å². The zero-order valence-corrected chi connectivity index (χ0v) is 10.6. The molecule has 5 heteroatoms. The quantitative estimate of drug-likeness (QED) is 0.788. The summed E-state index contributed by atoms with van der Waals surface area (Å²) < 4.78 is 32.0. The van der Waals surface area contributed by atoms with Crippen LogP contribution in [0.1, 0.15) is 10.4 Å². The van der Waals surface area contributed by atoms with Gasteiger partial charge in [0.25, 0.3) is 0 Å². The Hall–Kier alpha value is -1.75. The summed E-state index contributed by atoms with van der Waals surface area (Å²) >= 11 is 3.01. The lowest BCUT2D eigenvalue weighted by Crippen LogP contribution is -1.91. The molecule has 0 unspecified atom stereocenters. The summed E-state index contributed by atoms with van der Waals surface area (Å²) in [6, 6.07) is 7.83. The van der Waals surface area contributed by atoms with Gasteiger partial charge in [0.1, 0.15) is 17.9 Å². The number of rotatable bonds is 3. The first kappa shape index (κ1) is 12.7. The van der Waals surface area contributed by atoms with Gasteiger partial charge in [-0.05, 0) is 52.3 Å². The third-order valence-corrected chi connectivity index (χ3v) is 2.82. The van der Waals surface area contributed by atoms with E-state index in [1.165, 1.54) is 30.3 Å². The van der Waals surface area contributed by atoms with Crippen molar-refractivity contribution in [3.8, 4) is 11.5 Å². The maximum atomic E-state index is 13.5. The molecule has 0 saturated heterocycles. The van der Waals surface area contributed by atoms with Crippen LogP contribution in [-0.2, 0) is 0 Å². The van der Waals surface area contributed by atoms with E-state index in [-0.39, 0.29) is 15.8 Å². The first-order valence-corrected chi connectivity index (χ1v) is 5.77. The van der Waals surface area contributed by atoms with E-state index in [2.05, 4.69) is 15.9 Å². The van der Waals surface area contributed by atoms with Gasteiger partial charge >= 0.3 is 0 Å². The minimum Gasteiger partial charge on any atom is -0.454 e. The molecule has 0 aliphatic heterocycles. The fourth-order valence-corrected chi connectivity index (χ4v) is 1.70. The smallest absolute Gasteiger partial charge is 0.166 e. The van der Waals surface area contributed by atoms with E-state index in [1.807, 2.05) is 0 Å². The van der Waals surface area contributed by atoms with E-state index >= 15 is 0 Å². The minimum atomic E-state index is -0.653. The van der Waals surface area contributed by atoms with Crippen LogP contribution in [0.5, 0.6) is 11.5 Å². The second kappa shape index (κ2) is 5.27. The van der Waals surface area contributed by atoms with Crippen molar-refractivity contribution in [2.24, 2.45) is 0 Å². The van der Waals surface area contributed by atoms with E-state index in [0.29, 0.717) is 12.0 Å². The van der Waals surface area contributed by atoms with E-state index in [9.17, 15) is 13.6 Å². The summed E-state index contributed by atoms with van der Waals surface area (Å²) in [4.78, 5) is 10.5. The van der Waals surface area contributed by atoms with Crippen molar-refractivity contribution < 1.29 is 18.3 Å². The van der Waals surface area contributed by atoms with Crippen molar-refractivity contribution in [3.05, 3.63) is 58.1 Å². The maximum absolute atomic E-state index is 13.5. The van der Waals surface area contributed by atoms with E-state index < -0.39 is 11.6 Å². The van der Waals surface area contributed by atoms with Crippen molar-refractivity contribution in [1.29, 1.82) is 0 Å². The van der Waals surface area contributed by atoms with Gasteiger partial charge in [0.15, 0.2) is 11.6 Å². The molecule has 0 radical (unpaired) electrons. The Morgan fingerprint density at radius 2 is 1.83 bits per heavy atom. The molecule has 2 aromatic rings. The first-order valence-electron chi connectivity index (χ1n) is 4.98. The van der Waals surface area contributed by atoms with E-state index in [4.69, 9.17) is 4.74 Å². The van der Waals surface area contributed by atoms with Gasteiger partial charge in [-0.25, -0.2) is 8.78 Å². The SMILES string of the molecule is O=Cc1ccc(Oc2ccc(F)c(Br)c2)c(F)c1. The van der Waals surface area contributed by atoms with Gasteiger partial charge in [-0.1, -0.05) is 0 Å². The number of hydrogen-bond acceptors (Lipinski definition) is 2. The predicted molar refractivity (Wildman–Crippen MR) is 66.0 cm³/mol. The molecular weight excluding hydrogens is 306 g/mol. The monoisotopic (exact) mass is 312 g/mol. The third-order valence-electron chi connectivity index (χ3n) is 2.21. The van der Waals surface area contributed by atoms with Crippen LogP contribution in [0.15, 0.2) is 40.9 Å². The molecule has 0 amide bonds. The van der Waals surface area contributed by atoms with Crippen LogP contribution in [0.3, 0.4) is 0 Å². The topological polar surface area (TPSA) is 26.3 Å². The number of ether oxygens (including phenoxy) is 1. The second-order valence-electron chi connectivity index (χ2n) is 3.49. The minimum absolute atomic E-state index is 0.0286. The highest BCUT2D eigenvalue weighted by atomic mass is 79.9. The summed E-state index contributed by atoms with van der Waals surface area (Å²) in [6.07, 6.45) is 0.543. The summed E-state index contributed by atoms with van der Waals surface area (Å²) in [5.74, 6) is -0.820. The number of carbonyl (C=O) groups excluding carboxylic acids is 1. The zero-order valence-electron chi connectivity index (χ0n) is 8.99. The highest BCUT2D eigenvalue weighted by Crippen LogP contribution is 2.28. The average Bonchev–Trinajstić information content (AvgIpc) is 2.36. The maximum Gasteiger partial charge on any atom is 0.166 e. The van der Waals surface area contributed by atoms with Crippen molar-refractivity contribution in [1.82, 2.24) is 0 Å². The summed E-state index contributed by atoms with van der Waals surface area (Å²) in [6.45, 7) is 0. The molecule has 0 aliphatic carbocycles. The molecule has 0 aliphatic rings. The molecular formula is C13H7BrF2O2. The van der Waals surface area contributed by atoms with Crippen LogP contribution < -0.4 is 4.74 Å². The molecule has 2 nitrogen and oxygen atoms in total. The lowest BCUT2D eigenvalue weighted by atomic mass is 10.2. The molecule has 0 atom stereocenters. The van der Waals surface area contributed by atoms with Crippen molar-refractivity contribution in [2.75, 3.05) is 0 Å². The molecule has 92 valence electrons. The summed E-state index contributed by atoms with van der Waals surface area (Å²) in [5, 5.41) is 0. The fourth-order valence-electron chi connectivity index (χ4n) is 1.34. The highest BCUT2D eigenvalue weighted by Gasteiger charge is 2.07.